The Kier molecular flexibility index (Phi) is 18.5. The maximum Gasteiger partial charge on any atom is 0.159 e. The van der Waals surface area contributed by atoms with Crippen molar-refractivity contribution in [3.63, 3.8) is 0 Å². The van der Waals surface area contributed by atoms with E-state index in [-0.39, 0.29) is 21.7 Å². The molecule has 654 valence electrons. The van der Waals surface area contributed by atoms with Crippen LogP contribution in [-0.2, 0) is 21.7 Å². The van der Waals surface area contributed by atoms with E-state index in [0.717, 1.165) is 251 Å². The molecular weight excluding hydrogens is 1630 g/mol. The number of nitrogens with zero attached hydrogens (tertiary/aromatic N) is 4. The summed E-state index contributed by atoms with van der Waals surface area (Å²) in [6.07, 6.45) is 1.88. The van der Waals surface area contributed by atoms with E-state index < -0.39 is 0 Å². The van der Waals surface area contributed by atoms with Gasteiger partial charge >= 0.3 is 0 Å². The zero-order valence-electron chi connectivity index (χ0n) is 79.0. The van der Waals surface area contributed by atoms with Crippen LogP contribution in [-0.4, -0.2) is 0 Å². The molecule has 0 bridgehead atoms. The Labute approximate surface area is 781 Å². The molecule has 0 atom stereocenters. The van der Waals surface area contributed by atoms with Crippen LogP contribution in [0.4, 0.5) is 68.2 Å². The highest BCUT2D eigenvalue weighted by atomic mass is 16.3. The van der Waals surface area contributed by atoms with Gasteiger partial charge in [-0.05, 0) is 224 Å². The van der Waals surface area contributed by atoms with E-state index in [1.54, 1.807) is 0 Å². The first-order valence-corrected chi connectivity index (χ1v) is 47.6. The lowest BCUT2D eigenvalue weighted by Gasteiger charge is -2.31. The Morgan fingerprint density at radius 2 is 0.425 bits per heavy atom. The molecule has 0 radical (unpaired) electrons. The van der Waals surface area contributed by atoms with Gasteiger partial charge in [-0.25, -0.2) is 0 Å². The van der Waals surface area contributed by atoms with Gasteiger partial charge in [0.2, 0.25) is 0 Å². The second-order valence-corrected chi connectivity index (χ2v) is 40.8. The molecule has 4 heterocycles. The van der Waals surface area contributed by atoms with Gasteiger partial charge in [0, 0.05) is 110 Å². The molecule has 8 heteroatoms. The lowest BCUT2D eigenvalue weighted by atomic mass is 9.81. The summed E-state index contributed by atoms with van der Waals surface area (Å²) in [4.78, 5) is 9.96. The fourth-order valence-electron chi connectivity index (χ4n) is 22.2. The zero-order valence-corrected chi connectivity index (χ0v) is 79.0. The number of rotatable bonds is 17. The van der Waals surface area contributed by atoms with Gasteiger partial charge < -0.3 is 37.3 Å². The Morgan fingerprint density at radius 1 is 0.194 bits per heavy atom. The molecule has 24 rings (SSSR count). The number of benzene rings is 20. The van der Waals surface area contributed by atoms with E-state index in [4.69, 9.17) is 17.7 Å². The monoisotopic (exact) mass is 1740 g/mol. The van der Waals surface area contributed by atoms with Crippen molar-refractivity contribution >= 4 is 221 Å². The second kappa shape index (κ2) is 30.2. The maximum absolute atomic E-state index is 7.87. The predicted molar refractivity (Wildman–Crippen MR) is 570 cm³/mol. The predicted octanol–water partition coefficient (Wildman–Crippen LogP) is 37.8. The van der Waals surface area contributed by atoms with Gasteiger partial charge in [-0.1, -0.05) is 326 Å². The molecule has 0 saturated heterocycles. The van der Waals surface area contributed by atoms with Crippen molar-refractivity contribution in [2.75, 3.05) is 19.6 Å². The molecule has 0 aliphatic rings. The quantitative estimate of drug-likeness (QED) is 0.0836. The van der Waals surface area contributed by atoms with Crippen molar-refractivity contribution in [1.29, 1.82) is 0 Å². The van der Waals surface area contributed by atoms with E-state index in [9.17, 15) is 0 Å². The second-order valence-electron chi connectivity index (χ2n) is 40.8. The molecule has 24 aromatic rings. The Morgan fingerprint density at radius 3 is 0.709 bits per heavy atom. The summed E-state index contributed by atoms with van der Waals surface area (Å²) in [5, 5.41) is 22.3. The molecule has 0 aliphatic heterocycles. The summed E-state index contributed by atoms with van der Waals surface area (Å²) in [6.45, 7) is 36.6. The lowest BCUT2D eigenvalue weighted by Crippen LogP contribution is -2.15. The minimum absolute atomic E-state index is 0.109. The van der Waals surface area contributed by atoms with Crippen LogP contribution in [0.15, 0.2) is 345 Å². The molecular formula is C126H106N4O4. The molecule has 0 fully saturated rings. The Balaban J connectivity index is 0.752. The van der Waals surface area contributed by atoms with Gasteiger partial charge in [0.15, 0.2) is 22.3 Å². The summed E-state index contributed by atoms with van der Waals surface area (Å²) in [5.74, 6) is 0. The highest BCUT2D eigenvalue weighted by molar-refractivity contribution is 6.32. The summed E-state index contributed by atoms with van der Waals surface area (Å²) in [6, 6.07) is 123. The first kappa shape index (κ1) is 82.1. The number of hydrogen-bond donors (Lipinski definition) is 0. The van der Waals surface area contributed by atoms with Gasteiger partial charge in [0.1, 0.15) is 22.3 Å². The van der Waals surface area contributed by atoms with Gasteiger partial charge in [-0.15, -0.1) is 0 Å². The van der Waals surface area contributed by atoms with Gasteiger partial charge in [-0.3, -0.25) is 0 Å². The Bertz CT molecular complexity index is 8980. The average Bonchev–Trinajstić information content (AvgIpc) is 0.749. The van der Waals surface area contributed by atoms with Crippen LogP contribution in [0.1, 0.15) is 140 Å². The molecule has 4 aromatic heterocycles. The average molecular weight is 1740 g/mol. The van der Waals surface area contributed by atoms with E-state index in [1.807, 2.05) is 0 Å². The van der Waals surface area contributed by atoms with Crippen molar-refractivity contribution in [2.24, 2.45) is 0 Å². The van der Waals surface area contributed by atoms with Crippen LogP contribution in [0.2, 0.25) is 0 Å². The van der Waals surface area contributed by atoms with Gasteiger partial charge in [0.25, 0.3) is 0 Å². The van der Waals surface area contributed by atoms with Crippen LogP contribution < -0.4 is 19.6 Å². The fraction of sp³-hybridized carbons (Fsp3) is 0.175. The van der Waals surface area contributed by atoms with Crippen molar-refractivity contribution in [3.05, 3.63) is 372 Å². The minimum atomic E-state index is -0.274. The third-order valence-corrected chi connectivity index (χ3v) is 29.9. The van der Waals surface area contributed by atoms with Gasteiger partial charge in [-0.2, -0.15) is 0 Å². The van der Waals surface area contributed by atoms with Gasteiger partial charge in [0.05, 0.1) is 45.5 Å². The SMILES string of the molecule is CCC(C)(C)c1cccc2c1oc1c(N(c3ccccc3C)c3ccc4ccc5c(N(c6ccccc6C)c6cc(-c7cc(N(c8ccccc8C)c8ccc9ccc%10c(N(c%11ccccc%11C)c%11cccc%12c%11oc%11c(C(C)(C)C)cccc%11%12)ccc%11ccc8c9c%11%10)c8oc9c(C(C)(C)C)cccc9c8c7)cc7c6oc6c(C(C)(C)CC)cccc67)ccc6ccc3c4c65)cccc12. The van der Waals surface area contributed by atoms with Crippen LogP contribution in [0, 0.1) is 27.7 Å². The van der Waals surface area contributed by atoms with E-state index in [0.29, 0.717) is 0 Å². The molecule has 0 N–H and O–H groups in total. The smallest absolute Gasteiger partial charge is 0.159 e. The molecule has 0 spiro atoms. The lowest BCUT2D eigenvalue weighted by molar-refractivity contribution is 0.500. The summed E-state index contributed by atoms with van der Waals surface area (Å²) >= 11 is 0. The van der Waals surface area contributed by atoms with Crippen LogP contribution in [0.5, 0.6) is 0 Å². The highest BCUT2D eigenvalue weighted by Gasteiger charge is 2.36. The fourth-order valence-corrected chi connectivity index (χ4v) is 22.2. The number of fused-ring (bicyclic) bond motifs is 12. The number of hydrogen-bond acceptors (Lipinski definition) is 8. The number of aryl methyl sites for hydroxylation is 4. The molecule has 20 aromatic carbocycles. The molecule has 134 heavy (non-hydrogen) atoms. The Hall–Kier alpha value is -15.1. The molecule has 0 unspecified atom stereocenters. The standard InChI is InChI=1S/C126H106N4O4/c1-17-125(13,14)97-45-29-38-84-86-42-32-52-108(120(86)133-117(84)97)128(100-48-24-20-34-74(100)4)104-66-58-78-56-64-92-106(68-60-80-54-62-90(104)112(78)114(80)92)130(102-50-26-22-36-76(102)6)110-72-82(70-94-88-40-30-46-98(126(15,16)18-2)118(88)134-122(94)110)81-69-93-87-39-28-44-96(124(10,11)12)116(87)132-121(93)109(71-81)129(101-49-25-21-35-75(101)5)105-67-59-79-53-61-89-103(65-57-77-55-63-91(105)113(79)111(77)89)127(99-47-23-19-33-73(99)3)107-51-31-41-85-83-37-27-43-95(123(7,8)9)115(83)131-119(85)107/h19-72H,17-18H2,1-16H3. The highest BCUT2D eigenvalue weighted by Crippen LogP contribution is 2.58. The normalized spacial score (nSPS) is 12.7. The van der Waals surface area contributed by atoms with Crippen molar-refractivity contribution in [1.82, 2.24) is 0 Å². The topological polar surface area (TPSA) is 65.5 Å². The number of furan rings is 4. The first-order valence-electron chi connectivity index (χ1n) is 47.6. The van der Waals surface area contributed by atoms with Crippen molar-refractivity contribution < 1.29 is 17.7 Å². The molecule has 0 aliphatic carbocycles. The van der Waals surface area contributed by atoms with Crippen molar-refractivity contribution in [3.8, 4) is 11.1 Å². The maximum atomic E-state index is 7.87. The van der Waals surface area contributed by atoms with Crippen molar-refractivity contribution in [2.45, 2.75) is 145 Å². The van der Waals surface area contributed by atoms with E-state index in [1.165, 1.54) is 38.2 Å². The third-order valence-electron chi connectivity index (χ3n) is 29.9. The van der Waals surface area contributed by atoms with E-state index >= 15 is 0 Å². The molecule has 0 saturated carbocycles. The van der Waals surface area contributed by atoms with E-state index in [2.05, 4.69) is 458 Å². The van der Waals surface area contributed by atoms with Crippen LogP contribution in [0.25, 0.3) is 164 Å². The summed E-state index contributed by atoms with van der Waals surface area (Å²) in [7, 11) is 0. The largest absolute Gasteiger partial charge is 0.454 e. The number of para-hydroxylation sites is 10. The molecule has 8 nitrogen and oxygen atoms in total. The third kappa shape index (κ3) is 12.5. The minimum Gasteiger partial charge on any atom is -0.454 e. The summed E-state index contributed by atoms with van der Waals surface area (Å²) in [5.41, 5.74) is 29.6. The first-order chi connectivity index (χ1) is 64.8. The van der Waals surface area contributed by atoms with Crippen LogP contribution >= 0.6 is 0 Å². The number of anilines is 12. The van der Waals surface area contributed by atoms with Crippen LogP contribution in [0.3, 0.4) is 0 Å². The summed E-state index contributed by atoms with van der Waals surface area (Å²) < 4.78 is 30.4. The zero-order chi connectivity index (χ0) is 91.6. The molecule has 0 amide bonds.